The Labute approximate surface area is 328 Å². The minimum absolute atomic E-state index is 0. The van der Waals surface area contributed by atoms with Crippen molar-refractivity contribution in [1.82, 2.24) is 0 Å². The van der Waals surface area contributed by atoms with Crippen molar-refractivity contribution >= 4 is 342 Å². The van der Waals surface area contributed by atoms with E-state index in [1.807, 2.05) is 0 Å². The summed E-state index contributed by atoms with van der Waals surface area (Å²) in [7, 11) is 0. The minimum atomic E-state index is 0. The summed E-state index contributed by atoms with van der Waals surface area (Å²) in [5.74, 6) is 0. The van der Waals surface area contributed by atoms with Gasteiger partial charge in [0.05, 0.1) is 0 Å². The van der Waals surface area contributed by atoms with Crippen molar-refractivity contribution in [1.29, 1.82) is 0 Å². The first-order chi connectivity index (χ1) is 0. The van der Waals surface area contributed by atoms with E-state index in [2.05, 4.69) is 0 Å². The normalized spacial score (nSPS) is 0. The van der Waals surface area contributed by atoms with Crippen molar-refractivity contribution in [3.8, 4) is 0 Å². The topological polar surface area (TPSA) is 0 Å². The second-order valence-electron chi connectivity index (χ2n) is 0. The van der Waals surface area contributed by atoms with Gasteiger partial charge in [-0.15, -0.1) is 0 Å². The fourth-order valence-corrected chi connectivity index (χ4v) is 0. The van der Waals surface area contributed by atoms with Gasteiger partial charge >= 0.3 is 0 Å². The van der Waals surface area contributed by atoms with Crippen LogP contribution < -0.4 is 0 Å². The Hall–Kier alpha value is 10.9. The molecule has 0 saturated carbocycles. The van der Waals surface area contributed by atoms with E-state index < -0.39 is 0 Å². The molecule has 0 fully saturated rings. The SMILES string of the molecule is [Pb].[Pb].[Pb].[Pb].[Rb].[Rb].[Rb].[Rb]. The van der Waals surface area contributed by atoms with Gasteiger partial charge in [0.1, 0.15) is 0 Å². The molecule has 0 aliphatic carbocycles. The molecule has 8 heavy (non-hydrogen) atoms. The molecule has 20 radical (unpaired) electrons. The zero-order valence-electron chi connectivity index (χ0n) is 6.00. The van der Waals surface area contributed by atoms with Gasteiger partial charge in [-0.1, -0.05) is 0 Å². The summed E-state index contributed by atoms with van der Waals surface area (Å²) in [5.41, 5.74) is 0. The van der Waals surface area contributed by atoms with Crippen LogP contribution in [-0.2, 0) is 0 Å². The summed E-state index contributed by atoms with van der Waals surface area (Å²) < 4.78 is 0. The minimum Gasteiger partial charge on any atom is 0 e. The van der Waals surface area contributed by atoms with Crippen LogP contribution in [-0.4, -0.2) is 342 Å². The smallest absolute Gasteiger partial charge is 0 e. The summed E-state index contributed by atoms with van der Waals surface area (Å²) in [6.07, 6.45) is 0. The predicted octanol–water partition coefficient (Wildman–Crippen LogP) is -3.05. The molecule has 0 unspecified atom stereocenters. The third kappa shape index (κ3) is 36.0. The van der Waals surface area contributed by atoms with Gasteiger partial charge in [-0.2, -0.15) is 0 Å². The van der Waals surface area contributed by atoms with Crippen molar-refractivity contribution < 1.29 is 0 Å². The Balaban J connectivity index is 0. The third-order valence-corrected chi connectivity index (χ3v) is 0. The van der Waals surface area contributed by atoms with Gasteiger partial charge in [0.15, 0.2) is 0 Å². The molecule has 0 bridgehead atoms. The summed E-state index contributed by atoms with van der Waals surface area (Å²) in [4.78, 5) is 0. The van der Waals surface area contributed by atoms with E-state index in [0.29, 0.717) is 0 Å². The molecule has 0 rings (SSSR count). The Morgan fingerprint density at radius 2 is 0.250 bits per heavy atom. The Bertz CT molecular complexity index is 8.00. The van der Waals surface area contributed by atoms with E-state index in [-0.39, 0.29) is 342 Å². The Morgan fingerprint density at radius 3 is 0.250 bits per heavy atom. The number of hydrogen-bond donors (Lipinski definition) is 0. The van der Waals surface area contributed by atoms with Crippen molar-refractivity contribution in [2.45, 2.75) is 0 Å². The molecule has 0 aliphatic rings. The maximum Gasteiger partial charge on any atom is 0 e. The molecule has 0 heterocycles. The second-order valence-corrected chi connectivity index (χ2v) is 0. The van der Waals surface area contributed by atoms with Gasteiger partial charge in [0.2, 0.25) is 0 Å². The summed E-state index contributed by atoms with van der Waals surface area (Å²) in [6, 6.07) is 0. The molecule has 0 aliphatic heterocycles. The molecule has 0 spiro atoms. The van der Waals surface area contributed by atoms with Crippen LogP contribution in [0.3, 0.4) is 0 Å². The standard InChI is InChI=1S/4Pb.4Rb. The van der Waals surface area contributed by atoms with Crippen LogP contribution in [0.5, 0.6) is 0 Å². The zero-order chi connectivity index (χ0) is 0. The molecule has 0 aromatic carbocycles. The van der Waals surface area contributed by atoms with Crippen molar-refractivity contribution in [3.63, 3.8) is 0 Å². The summed E-state index contributed by atoms with van der Waals surface area (Å²) >= 11 is 0. The molecule has 0 N–H and O–H groups in total. The first-order valence-corrected chi connectivity index (χ1v) is 0. The van der Waals surface area contributed by atoms with E-state index in [4.69, 9.17) is 0 Å². The van der Waals surface area contributed by atoms with Gasteiger partial charge in [0.25, 0.3) is 0 Å². The van der Waals surface area contributed by atoms with E-state index in [1.165, 1.54) is 0 Å². The van der Waals surface area contributed by atoms with E-state index >= 15 is 0 Å². The molecule has 0 amide bonds. The van der Waals surface area contributed by atoms with Crippen LogP contribution in [0.1, 0.15) is 0 Å². The molecule has 0 saturated heterocycles. The molecule has 0 aromatic rings. The van der Waals surface area contributed by atoms with Crippen LogP contribution in [0, 0.1) is 0 Å². The van der Waals surface area contributed by atoms with Crippen molar-refractivity contribution in [3.05, 3.63) is 0 Å². The number of hydrogen-bond acceptors (Lipinski definition) is 0. The van der Waals surface area contributed by atoms with Gasteiger partial charge in [0, 0.05) is 342 Å². The monoisotopic (exact) mass is 1170 g/mol. The average molecular weight is 1170 g/mol. The van der Waals surface area contributed by atoms with Gasteiger partial charge in [-0.25, -0.2) is 0 Å². The molecule has 20 valence electrons. The maximum atomic E-state index is 0. The van der Waals surface area contributed by atoms with Crippen LogP contribution in [0.4, 0.5) is 0 Å². The molecule has 0 atom stereocenters. The fraction of sp³-hybridized carbons (Fsp3) is 0. The largest absolute Gasteiger partial charge is 0 e. The fourth-order valence-electron chi connectivity index (χ4n) is 0. The molecular formula is Pb4Rb4. The number of rotatable bonds is 0. The first kappa shape index (κ1) is 51.0. The predicted molar refractivity (Wildman–Crippen MR) is 46.0 cm³/mol. The summed E-state index contributed by atoms with van der Waals surface area (Å²) in [6.45, 7) is 0. The average Bonchev–Trinajstić information content (AvgIpc) is 0. The van der Waals surface area contributed by atoms with E-state index in [0.717, 1.165) is 0 Å². The zero-order valence-corrected chi connectivity index (χ0v) is 41.2. The Kier molecular flexibility index (Phi) is 274. The first-order valence-electron chi connectivity index (χ1n) is 0. The van der Waals surface area contributed by atoms with Crippen LogP contribution in [0.15, 0.2) is 0 Å². The van der Waals surface area contributed by atoms with Gasteiger partial charge < -0.3 is 0 Å². The maximum absolute atomic E-state index is 0. The molecule has 0 aromatic heterocycles. The summed E-state index contributed by atoms with van der Waals surface area (Å²) in [5, 5.41) is 0. The van der Waals surface area contributed by atoms with E-state index in [1.54, 1.807) is 0 Å². The third-order valence-electron chi connectivity index (χ3n) is 0. The van der Waals surface area contributed by atoms with Crippen molar-refractivity contribution in [2.75, 3.05) is 0 Å². The van der Waals surface area contributed by atoms with E-state index in [9.17, 15) is 0 Å². The van der Waals surface area contributed by atoms with Crippen LogP contribution in [0.2, 0.25) is 0 Å². The molecule has 0 nitrogen and oxygen atoms in total. The molecule has 8 heteroatoms. The van der Waals surface area contributed by atoms with Gasteiger partial charge in [-0.3, -0.25) is 0 Å². The molecular weight excluding hydrogens is 1170 g/mol. The van der Waals surface area contributed by atoms with Crippen molar-refractivity contribution in [2.24, 2.45) is 0 Å². The van der Waals surface area contributed by atoms with Crippen LogP contribution in [0.25, 0.3) is 0 Å². The Morgan fingerprint density at radius 1 is 0.250 bits per heavy atom. The second kappa shape index (κ2) is 43.0. The quantitative estimate of drug-likeness (QED) is 0.227. The van der Waals surface area contributed by atoms with Crippen LogP contribution >= 0.6 is 0 Å². The van der Waals surface area contributed by atoms with Gasteiger partial charge in [-0.05, 0) is 0 Å².